The fourth-order valence-electron chi connectivity index (χ4n) is 1.59. The van der Waals surface area contributed by atoms with Crippen LogP contribution < -0.4 is 0 Å². The van der Waals surface area contributed by atoms with Gasteiger partial charge in [0.05, 0.1) is 16.7 Å². The molecule has 29 heavy (non-hydrogen) atoms. The monoisotopic (exact) mass is 478 g/mol. The highest BCUT2D eigenvalue weighted by Gasteiger charge is 2.47. The fraction of sp³-hybridized carbons (Fsp3) is 0.182. The van der Waals surface area contributed by atoms with Crippen LogP contribution in [0.4, 0.5) is 0 Å². The Balaban J connectivity index is 3.39. The minimum atomic E-state index is -5.72. The van der Waals surface area contributed by atoms with Crippen LogP contribution in [0.5, 0.6) is 0 Å². The molecule has 18 heteroatoms. The van der Waals surface area contributed by atoms with E-state index in [9.17, 15) is 28.1 Å². The SMILES string of the molecule is COP(=O)(OC)OP(=O)(OC(=O)c1cc(C(=O)O)cc(C(=O)O)c1)OP(=O)(O)O. The fourth-order valence-corrected chi connectivity index (χ4v) is 5.26. The van der Waals surface area contributed by atoms with Gasteiger partial charge in [0.1, 0.15) is 0 Å². The summed E-state index contributed by atoms with van der Waals surface area (Å²) < 4.78 is 56.1. The van der Waals surface area contributed by atoms with Gasteiger partial charge in [-0.2, -0.15) is 8.62 Å². The van der Waals surface area contributed by atoms with Gasteiger partial charge in [-0.25, -0.2) is 28.1 Å². The molecule has 0 saturated carbocycles. The van der Waals surface area contributed by atoms with E-state index in [2.05, 4.69) is 22.2 Å². The third kappa shape index (κ3) is 7.44. The Morgan fingerprint density at radius 2 is 1.17 bits per heavy atom. The molecule has 0 aliphatic carbocycles. The number of rotatable bonds is 10. The molecule has 4 N–H and O–H groups in total. The molecule has 0 heterocycles. The van der Waals surface area contributed by atoms with Gasteiger partial charge in [-0.1, -0.05) is 0 Å². The molecule has 0 saturated heterocycles. The summed E-state index contributed by atoms with van der Waals surface area (Å²) in [4.78, 5) is 52.0. The number of phosphoric ester groups is 1. The molecule has 0 bridgehead atoms. The van der Waals surface area contributed by atoms with Gasteiger partial charge in [-0.05, 0) is 18.2 Å². The second-order valence-corrected chi connectivity index (χ2v) is 9.69. The number of carboxylic acids is 2. The summed E-state index contributed by atoms with van der Waals surface area (Å²) in [7, 11) is -14.7. The number of carbonyl (C=O) groups is 3. The van der Waals surface area contributed by atoms with E-state index in [1.807, 2.05) is 0 Å². The molecule has 0 aliphatic rings. The van der Waals surface area contributed by atoms with Crippen LogP contribution in [0.25, 0.3) is 0 Å². The third-order valence-electron chi connectivity index (χ3n) is 2.71. The zero-order valence-corrected chi connectivity index (χ0v) is 17.0. The predicted molar refractivity (Wildman–Crippen MR) is 89.2 cm³/mol. The quantitative estimate of drug-likeness (QED) is 0.352. The number of hydrogen-bond acceptors (Lipinski definition) is 11. The summed E-state index contributed by atoms with van der Waals surface area (Å²) in [6.45, 7) is 0. The normalized spacial score (nSPS) is 14.1. The topological polar surface area (TPSA) is 229 Å². The number of aromatic carboxylic acids is 2. The molecule has 1 unspecified atom stereocenters. The van der Waals surface area contributed by atoms with E-state index in [4.69, 9.17) is 20.0 Å². The van der Waals surface area contributed by atoms with Crippen molar-refractivity contribution in [1.82, 2.24) is 0 Å². The first-order chi connectivity index (χ1) is 13.1. The van der Waals surface area contributed by atoms with Gasteiger partial charge in [0.2, 0.25) is 0 Å². The molecule has 1 rings (SSSR count). The Morgan fingerprint density at radius 3 is 1.52 bits per heavy atom. The van der Waals surface area contributed by atoms with Gasteiger partial charge >= 0.3 is 41.4 Å². The highest BCUT2D eigenvalue weighted by molar-refractivity contribution is 7.67. The zero-order chi connectivity index (χ0) is 22.6. The third-order valence-corrected chi connectivity index (χ3v) is 7.25. The highest BCUT2D eigenvalue weighted by atomic mass is 31.3. The van der Waals surface area contributed by atoms with Gasteiger partial charge in [0.25, 0.3) is 0 Å². The lowest BCUT2D eigenvalue weighted by molar-refractivity contribution is 0.0667. The Bertz CT molecular complexity index is 922. The molecule has 0 amide bonds. The Labute approximate surface area is 161 Å². The Hall–Kier alpha value is -1.92. The second-order valence-electron chi connectivity index (χ2n) is 4.70. The van der Waals surface area contributed by atoms with E-state index in [1.54, 1.807) is 0 Å². The van der Waals surface area contributed by atoms with Crippen molar-refractivity contribution in [2.24, 2.45) is 0 Å². The zero-order valence-electron chi connectivity index (χ0n) is 14.4. The molecule has 0 aliphatic heterocycles. The highest BCUT2D eigenvalue weighted by Crippen LogP contribution is 2.70. The molecule has 162 valence electrons. The molecule has 0 fully saturated rings. The summed E-state index contributed by atoms with van der Waals surface area (Å²) in [5.41, 5.74) is -2.21. The number of phosphoric acid groups is 3. The van der Waals surface area contributed by atoms with Crippen LogP contribution in [-0.4, -0.2) is 52.1 Å². The van der Waals surface area contributed by atoms with Crippen molar-refractivity contribution in [3.63, 3.8) is 0 Å². The summed E-state index contributed by atoms with van der Waals surface area (Å²) in [6.07, 6.45) is 0. The standard InChI is InChI=1S/C11H13O15P3/c1-22-28(20,23-2)26-29(21,25-27(17,18)19)24-11(16)8-4-6(9(12)13)3-7(5-8)10(14)15/h3-5H,1-2H3,(H,12,13)(H,14,15)(H2,17,18,19). The van der Waals surface area contributed by atoms with Gasteiger partial charge in [-0.15, -0.1) is 0 Å². The Kier molecular flexibility index (Phi) is 8.02. The summed E-state index contributed by atoms with van der Waals surface area (Å²) >= 11 is 0. The molecule has 0 aromatic heterocycles. The maximum atomic E-state index is 12.4. The van der Waals surface area contributed by atoms with Crippen molar-refractivity contribution in [3.05, 3.63) is 34.9 Å². The first-order valence-electron chi connectivity index (χ1n) is 6.79. The van der Waals surface area contributed by atoms with Crippen LogP contribution in [-0.2, 0) is 35.9 Å². The van der Waals surface area contributed by atoms with Gasteiger partial charge in [-0.3, -0.25) is 9.05 Å². The van der Waals surface area contributed by atoms with Crippen LogP contribution in [0.2, 0.25) is 0 Å². The number of carbonyl (C=O) groups excluding carboxylic acids is 1. The Morgan fingerprint density at radius 1 is 0.759 bits per heavy atom. The van der Waals surface area contributed by atoms with Crippen LogP contribution in [0.15, 0.2) is 18.2 Å². The van der Waals surface area contributed by atoms with Crippen molar-refractivity contribution in [2.75, 3.05) is 14.2 Å². The van der Waals surface area contributed by atoms with E-state index in [1.165, 1.54) is 0 Å². The number of benzene rings is 1. The lowest BCUT2D eigenvalue weighted by Gasteiger charge is -2.20. The van der Waals surface area contributed by atoms with E-state index >= 15 is 0 Å². The number of hydrogen-bond donors (Lipinski definition) is 4. The van der Waals surface area contributed by atoms with Crippen molar-refractivity contribution < 1.29 is 70.3 Å². The van der Waals surface area contributed by atoms with Gasteiger partial charge < -0.3 is 24.5 Å². The summed E-state index contributed by atoms with van der Waals surface area (Å²) in [5, 5.41) is 18.0. The molecule has 0 spiro atoms. The lowest BCUT2D eigenvalue weighted by atomic mass is 10.1. The van der Waals surface area contributed by atoms with E-state index in [-0.39, 0.29) is 0 Å². The van der Waals surface area contributed by atoms with Crippen LogP contribution >= 0.6 is 23.5 Å². The first kappa shape index (κ1) is 25.1. The average Bonchev–Trinajstić information content (AvgIpc) is 2.58. The first-order valence-corrected chi connectivity index (χ1v) is 11.2. The van der Waals surface area contributed by atoms with E-state index < -0.39 is 58.1 Å². The predicted octanol–water partition coefficient (Wildman–Crippen LogP) is 1.87. The van der Waals surface area contributed by atoms with Crippen molar-refractivity contribution >= 4 is 41.4 Å². The van der Waals surface area contributed by atoms with Crippen molar-refractivity contribution in [3.8, 4) is 0 Å². The molecule has 1 atom stereocenters. The van der Waals surface area contributed by atoms with Crippen LogP contribution in [0.1, 0.15) is 31.1 Å². The minimum absolute atomic E-state index is 0.602. The maximum absolute atomic E-state index is 12.4. The maximum Gasteiger partial charge on any atom is 0.550 e. The largest absolute Gasteiger partial charge is 0.550 e. The molecule has 0 radical (unpaired) electrons. The van der Waals surface area contributed by atoms with E-state index in [0.717, 1.165) is 14.2 Å². The smallest absolute Gasteiger partial charge is 0.478 e. The lowest BCUT2D eigenvalue weighted by Crippen LogP contribution is -2.11. The molecular formula is C11H13O15P3. The van der Waals surface area contributed by atoms with Crippen LogP contribution in [0.3, 0.4) is 0 Å². The van der Waals surface area contributed by atoms with Crippen LogP contribution in [0, 0.1) is 0 Å². The summed E-state index contributed by atoms with van der Waals surface area (Å²) in [6, 6.07) is 1.89. The molecule has 1 aromatic rings. The second kappa shape index (κ2) is 9.26. The van der Waals surface area contributed by atoms with E-state index in [0.29, 0.717) is 18.2 Å². The number of carboxylic acid groups (broad SMARTS) is 2. The van der Waals surface area contributed by atoms with Crippen molar-refractivity contribution in [1.29, 1.82) is 0 Å². The van der Waals surface area contributed by atoms with Crippen molar-refractivity contribution in [2.45, 2.75) is 0 Å². The van der Waals surface area contributed by atoms with Gasteiger partial charge in [0.15, 0.2) is 0 Å². The molecular weight excluding hydrogens is 465 g/mol. The molecule has 1 aromatic carbocycles. The summed E-state index contributed by atoms with van der Waals surface area (Å²) in [5.74, 6) is -5.08. The minimum Gasteiger partial charge on any atom is -0.478 e. The van der Waals surface area contributed by atoms with Gasteiger partial charge in [0, 0.05) is 14.2 Å². The average molecular weight is 478 g/mol. The molecule has 15 nitrogen and oxygen atoms in total.